The van der Waals surface area contributed by atoms with E-state index in [1.165, 1.54) is 0 Å². The summed E-state index contributed by atoms with van der Waals surface area (Å²) in [5.41, 5.74) is 14.4. The third-order valence-electron chi connectivity index (χ3n) is 2.75. The van der Waals surface area contributed by atoms with Crippen LogP contribution in [0.4, 0.5) is 5.82 Å². The van der Waals surface area contributed by atoms with Crippen molar-refractivity contribution < 1.29 is 4.79 Å². The van der Waals surface area contributed by atoms with Crippen molar-refractivity contribution in [1.29, 1.82) is 0 Å². The number of primary amides is 1. The third-order valence-corrected chi connectivity index (χ3v) is 2.75. The highest BCUT2D eigenvalue weighted by molar-refractivity contribution is 6.02. The highest BCUT2D eigenvalue weighted by Crippen LogP contribution is 2.22. The number of anilines is 1. The van der Waals surface area contributed by atoms with Crippen LogP contribution in [0.25, 0.3) is 11.2 Å². The van der Waals surface area contributed by atoms with Gasteiger partial charge in [0, 0.05) is 0 Å². The molecule has 88 valence electrons. The standard InChI is InChI=1S/C11H13N5O/c1-4-7(10(13)17)9(12)16-11-8(4)14-5(2)6(3)15-11/h1-3H3,(H2,13,17)(H2,12,15,16). The largest absolute Gasteiger partial charge is 0.383 e. The lowest BCUT2D eigenvalue weighted by molar-refractivity contribution is 0.100. The lowest BCUT2D eigenvalue weighted by Crippen LogP contribution is -2.17. The Hall–Kier alpha value is -2.24. The molecule has 0 bridgehead atoms. The molecule has 0 aromatic carbocycles. The molecule has 0 atom stereocenters. The van der Waals surface area contributed by atoms with Crippen LogP contribution in [0.2, 0.25) is 0 Å². The number of nitrogen functional groups attached to an aromatic ring is 1. The molecular formula is C11H13N5O. The SMILES string of the molecule is Cc1nc2nc(N)c(C(N)=O)c(C)c2nc1C. The molecule has 2 aromatic rings. The van der Waals surface area contributed by atoms with Gasteiger partial charge >= 0.3 is 0 Å². The number of aryl methyl sites for hydroxylation is 3. The molecule has 6 nitrogen and oxygen atoms in total. The maximum Gasteiger partial charge on any atom is 0.252 e. The molecule has 17 heavy (non-hydrogen) atoms. The molecule has 0 fully saturated rings. The van der Waals surface area contributed by atoms with Gasteiger partial charge in [-0.15, -0.1) is 0 Å². The molecular weight excluding hydrogens is 218 g/mol. The number of carbonyl (C=O) groups excluding carboxylic acids is 1. The van der Waals surface area contributed by atoms with Crippen molar-refractivity contribution >= 4 is 22.9 Å². The van der Waals surface area contributed by atoms with Crippen molar-refractivity contribution in [2.75, 3.05) is 5.73 Å². The summed E-state index contributed by atoms with van der Waals surface area (Å²) >= 11 is 0. The predicted molar refractivity (Wildman–Crippen MR) is 64.5 cm³/mol. The van der Waals surface area contributed by atoms with E-state index in [2.05, 4.69) is 15.0 Å². The van der Waals surface area contributed by atoms with Crippen molar-refractivity contribution in [3.63, 3.8) is 0 Å². The van der Waals surface area contributed by atoms with E-state index in [0.29, 0.717) is 16.7 Å². The van der Waals surface area contributed by atoms with Gasteiger partial charge in [0.25, 0.3) is 5.91 Å². The Morgan fingerprint density at radius 2 is 1.65 bits per heavy atom. The zero-order chi connectivity index (χ0) is 12.7. The Morgan fingerprint density at radius 3 is 2.24 bits per heavy atom. The van der Waals surface area contributed by atoms with Gasteiger partial charge in [0.05, 0.1) is 17.0 Å². The number of nitrogens with zero attached hydrogens (tertiary/aromatic N) is 3. The molecule has 0 radical (unpaired) electrons. The van der Waals surface area contributed by atoms with Crippen LogP contribution in [0.1, 0.15) is 27.3 Å². The summed E-state index contributed by atoms with van der Waals surface area (Å²) in [6, 6.07) is 0. The van der Waals surface area contributed by atoms with Gasteiger partial charge in [-0.2, -0.15) is 0 Å². The fraction of sp³-hybridized carbons (Fsp3) is 0.273. The van der Waals surface area contributed by atoms with Crippen molar-refractivity contribution in [2.24, 2.45) is 5.73 Å². The van der Waals surface area contributed by atoms with Crippen molar-refractivity contribution in [3.05, 3.63) is 22.5 Å². The van der Waals surface area contributed by atoms with Gasteiger partial charge in [-0.25, -0.2) is 15.0 Å². The van der Waals surface area contributed by atoms with Crippen molar-refractivity contribution in [3.8, 4) is 0 Å². The fourth-order valence-electron chi connectivity index (χ4n) is 1.71. The highest BCUT2D eigenvalue weighted by Gasteiger charge is 2.16. The molecule has 0 saturated carbocycles. The van der Waals surface area contributed by atoms with Crippen LogP contribution in [0.15, 0.2) is 0 Å². The molecule has 0 aliphatic carbocycles. The van der Waals surface area contributed by atoms with Crippen LogP contribution in [0, 0.1) is 20.8 Å². The van der Waals surface area contributed by atoms with E-state index in [1.807, 2.05) is 13.8 Å². The van der Waals surface area contributed by atoms with E-state index in [-0.39, 0.29) is 11.4 Å². The van der Waals surface area contributed by atoms with Crippen LogP contribution in [0.5, 0.6) is 0 Å². The Morgan fingerprint density at radius 1 is 1.06 bits per heavy atom. The maximum absolute atomic E-state index is 11.3. The van der Waals surface area contributed by atoms with Crippen LogP contribution in [0.3, 0.4) is 0 Å². The number of hydrogen-bond acceptors (Lipinski definition) is 5. The Balaban J connectivity index is 2.92. The number of fused-ring (bicyclic) bond motifs is 1. The second-order valence-electron chi connectivity index (χ2n) is 3.93. The highest BCUT2D eigenvalue weighted by atomic mass is 16.1. The summed E-state index contributed by atoms with van der Waals surface area (Å²) in [4.78, 5) is 24.0. The maximum atomic E-state index is 11.3. The molecule has 2 aromatic heterocycles. The molecule has 0 spiro atoms. The van der Waals surface area contributed by atoms with Gasteiger partial charge in [-0.1, -0.05) is 0 Å². The van der Waals surface area contributed by atoms with Crippen molar-refractivity contribution in [2.45, 2.75) is 20.8 Å². The second-order valence-corrected chi connectivity index (χ2v) is 3.93. The monoisotopic (exact) mass is 231 g/mol. The smallest absolute Gasteiger partial charge is 0.252 e. The normalized spacial score (nSPS) is 10.8. The number of amides is 1. The summed E-state index contributed by atoms with van der Waals surface area (Å²) < 4.78 is 0. The number of carbonyl (C=O) groups is 1. The number of hydrogen-bond donors (Lipinski definition) is 2. The third kappa shape index (κ3) is 1.67. The molecule has 0 aliphatic heterocycles. The van der Waals surface area contributed by atoms with Crippen LogP contribution >= 0.6 is 0 Å². The average molecular weight is 231 g/mol. The molecule has 2 heterocycles. The zero-order valence-corrected chi connectivity index (χ0v) is 9.90. The van der Waals surface area contributed by atoms with E-state index in [0.717, 1.165) is 11.4 Å². The Bertz CT molecular complexity index is 636. The van der Waals surface area contributed by atoms with E-state index in [9.17, 15) is 4.79 Å². The minimum atomic E-state index is -0.602. The van der Waals surface area contributed by atoms with Gasteiger partial charge < -0.3 is 11.5 Å². The second kappa shape index (κ2) is 3.65. The average Bonchev–Trinajstić information content (AvgIpc) is 2.21. The lowest BCUT2D eigenvalue weighted by atomic mass is 10.1. The van der Waals surface area contributed by atoms with Gasteiger partial charge in [0.2, 0.25) is 0 Å². The molecule has 2 rings (SSSR count). The van der Waals surface area contributed by atoms with Crippen molar-refractivity contribution in [1.82, 2.24) is 15.0 Å². The van der Waals surface area contributed by atoms with Gasteiger partial charge in [0.1, 0.15) is 11.3 Å². The molecule has 0 aliphatic rings. The van der Waals surface area contributed by atoms with Crippen LogP contribution in [-0.4, -0.2) is 20.9 Å². The minimum absolute atomic E-state index is 0.0973. The zero-order valence-electron chi connectivity index (χ0n) is 9.90. The summed E-state index contributed by atoms with van der Waals surface area (Å²) in [6.45, 7) is 5.43. The number of nitrogens with two attached hydrogens (primary N) is 2. The van der Waals surface area contributed by atoms with E-state index in [4.69, 9.17) is 11.5 Å². The summed E-state index contributed by atoms with van der Waals surface area (Å²) in [5, 5.41) is 0. The van der Waals surface area contributed by atoms with Gasteiger partial charge in [0.15, 0.2) is 5.65 Å². The van der Waals surface area contributed by atoms with E-state index in [1.54, 1.807) is 6.92 Å². The summed E-state index contributed by atoms with van der Waals surface area (Å²) in [5.74, 6) is -0.505. The van der Waals surface area contributed by atoms with Gasteiger partial charge in [-0.05, 0) is 26.3 Å². The Labute approximate surface area is 98.1 Å². The first-order chi connectivity index (χ1) is 7.91. The molecule has 0 unspecified atom stereocenters. The van der Waals surface area contributed by atoms with E-state index < -0.39 is 5.91 Å². The Kier molecular flexibility index (Phi) is 2.42. The first-order valence-corrected chi connectivity index (χ1v) is 5.12. The lowest BCUT2D eigenvalue weighted by Gasteiger charge is -2.09. The quantitative estimate of drug-likeness (QED) is 0.748. The topological polar surface area (TPSA) is 108 Å². The first kappa shape index (κ1) is 11.3. The van der Waals surface area contributed by atoms with E-state index >= 15 is 0 Å². The summed E-state index contributed by atoms with van der Waals surface area (Å²) in [6.07, 6.45) is 0. The molecule has 6 heteroatoms. The summed E-state index contributed by atoms with van der Waals surface area (Å²) in [7, 11) is 0. The molecule has 0 saturated heterocycles. The van der Waals surface area contributed by atoms with Crippen LogP contribution in [-0.2, 0) is 0 Å². The minimum Gasteiger partial charge on any atom is -0.383 e. The van der Waals surface area contributed by atoms with Crippen LogP contribution < -0.4 is 11.5 Å². The predicted octanol–water partition coefficient (Wildman–Crippen LogP) is 0.631. The fourth-order valence-corrected chi connectivity index (χ4v) is 1.71. The molecule has 4 N–H and O–H groups in total. The number of rotatable bonds is 1. The molecule has 1 amide bonds. The first-order valence-electron chi connectivity index (χ1n) is 5.12. The number of aromatic nitrogens is 3. The number of pyridine rings is 1. The van der Waals surface area contributed by atoms with Gasteiger partial charge in [-0.3, -0.25) is 4.79 Å².